The zero-order valence-corrected chi connectivity index (χ0v) is 6.54. The third-order valence-corrected chi connectivity index (χ3v) is 1.60. The highest BCUT2D eigenvalue weighted by Crippen LogP contribution is 2.32. The summed E-state index contributed by atoms with van der Waals surface area (Å²) in [6, 6.07) is 0.345. The Morgan fingerprint density at radius 2 is 2.08 bits per heavy atom. The first-order chi connectivity index (χ1) is 5.95. The van der Waals surface area contributed by atoms with E-state index in [2.05, 4.69) is 0 Å². The van der Waals surface area contributed by atoms with Gasteiger partial charge in [-0.25, -0.2) is 8.78 Å². The zero-order chi connectivity index (χ0) is 10.2. The highest BCUT2D eigenvalue weighted by Gasteiger charge is 2.21. The third kappa shape index (κ3) is 1.42. The van der Waals surface area contributed by atoms with Gasteiger partial charge in [-0.3, -0.25) is 10.1 Å². The van der Waals surface area contributed by atoms with Crippen LogP contribution < -0.4 is 0 Å². The van der Waals surface area contributed by atoms with Crippen molar-refractivity contribution < 1.29 is 18.8 Å². The van der Waals surface area contributed by atoms with E-state index in [9.17, 15) is 18.9 Å². The molecule has 0 aliphatic rings. The Hall–Kier alpha value is -1.72. The van der Waals surface area contributed by atoms with Crippen molar-refractivity contribution in [1.29, 1.82) is 0 Å². The van der Waals surface area contributed by atoms with Crippen molar-refractivity contribution in [2.75, 3.05) is 0 Å². The van der Waals surface area contributed by atoms with Crippen molar-refractivity contribution in [1.82, 2.24) is 0 Å². The number of hydrogen-bond acceptors (Lipinski definition) is 3. The van der Waals surface area contributed by atoms with Crippen LogP contribution in [0.5, 0.6) is 5.75 Å². The molecule has 1 aromatic rings. The van der Waals surface area contributed by atoms with Crippen LogP contribution in [-0.4, -0.2) is 10.0 Å². The first kappa shape index (κ1) is 9.37. The van der Waals surface area contributed by atoms with Crippen molar-refractivity contribution in [3.8, 4) is 5.75 Å². The lowest BCUT2D eigenvalue weighted by molar-refractivity contribution is -0.386. The predicted octanol–water partition coefficient (Wildman–Crippen LogP) is 1.89. The van der Waals surface area contributed by atoms with E-state index >= 15 is 0 Å². The molecule has 6 heteroatoms. The lowest BCUT2D eigenvalue weighted by Crippen LogP contribution is -1.96. The Bertz CT molecular complexity index is 378. The lowest BCUT2D eigenvalue weighted by atomic mass is 10.2. The second-order valence-corrected chi connectivity index (χ2v) is 2.42. The van der Waals surface area contributed by atoms with Crippen molar-refractivity contribution in [2.24, 2.45) is 0 Å². The Morgan fingerprint density at radius 3 is 2.54 bits per heavy atom. The van der Waals surface area contributed by atoms with Gasteiger partial charge in [0.1, 0.15) is 0 Å². The second-order valence-electron chi connectivity index (χ2n) is 2.42. The molecule has 0 fully saturated rings. The molecule has 70 valence electrons. The van der Waals surface area contributed by atoms with Gasteiger partial charge in [-0.2, -0.15) is 0 Å². The van der Waals surface area contributed by atoms with Crippen LogP contribution in [0.15, 0.2) is 6.07 Å². The van der Waals surface area contributed by atoms with Crippen LogP contribution in [0.2, 0.25) is 0 Å². The first-order valence-corrected chi connectivity index (χ1v) is 3.27. The summed E-state index contributed by atoms with van der Waals surface area (Å²) < 4.78 is 25.3. The quantitative estimate of drug-likeness (QED) is 0.541. The molecular formula is C7H5F2NO3. The predicted molar refractivity (Wildman–Crippen MR) is 39.4 cm³/mol. The molecule has 1 aromatic carbocycles. The van der Waals surface area contributed by atoms with Crippen LogP contribution in [-0.2, 0) is 0 Å². The smallest absolute Gasteiger partial charge is 0.314 e. The molecule has 0 saturated carbocycles. The molecule has 0 aliphatic carbocycles. The van der Waals surface area contributed by atoms with E-state index in [0.717, 1.165) is 6.92 Å². The van der Waals surface area contributed by atoms with Crippen LogP contribution in [0.4, 0.5) is 14.5 Å². The number of aromatic hydroxyl groups is 1. The normalized spacial score (nSPS) is 10.1. The highest BCUT2D eigenvalue weighted by atomic mass is 19.2. The highest BCUT2D eigenvalue weighted by molar-refractivity contribution is 5.51. The summed E-state index contributed by atoms with van der Waals surface area (Å²) in [7, 11) is 0. The van der Waals surface area contributed by atoms with Gasteiger partial charge in [0.25, 0.3) is 0 Å². The number of phenolic OH excluding ortho intramolecular Hbond substituents is 1. The summed E-state index contributed by atoms with van der Waals surface area (Å²) in [4.78, 5) is 9.21. The second kappa shape index (κ2) is 2.96. The number of nitro groups is 1. The number of hydrogen-bond donors (Lipinski definition) is 1. The Morgan fingerprint density at radius 1 is 1.54 bits per heavy atom. The molecule has 0 unspecified atom stereocenters. The first-order valence-electron chi connectivity index (χ1n) is 3.27. The van der Waals surface area contributed by atoms with Gasteiger partial charge in [0.05, 0.1) is 11.0 Å². The van der Waals surface area contributed by atoms with Crippen LogP contribution >= 0.6 is 0 Å². The van der Waals surface area contributed by atoms with E-state index in [1.165, 1.54) is 0 Å². The molecule has 0 atom stereocenters. The van der Waals surface area contributed by atoms with Gasteiger partial charge in [-0.1, -0.05) is 0 Å². The maximum Gasteiger partial charge on any atom is 0.314 e. The summed E-state index contributed by atoms with van der Waals surface area (Å²) >= 11 is 0. The summed E-state index contributed by atoms with van der Waals surface area (Å²) in [6.07, 6.45) is 0. The van der Waals surface area contributed by atoms with E-state index in [1.807, 2.05) is 0 Å². The maximum atomic E-state index is 12.7. The fourth-order valence-corrected chi connectivity index (χ4v) is 0.866. The number of phenols is 1. The number of halogens is 2. The summed E-state index contributed by atoms with van der Waals surface area (Å²) in [6.45, 7) is 1.06. The molecular weight excluding hydrogens is 184 g/mol. The molecule has 0 spiro atoms. The van der Waals surface area contributed by atoms with Crippen molar-refractivity contribution in [2.45, 2.75) is 6.92 Å². The Kier molecular flexibility index (Phi) is 2.14. The van der Waals surface area contributed by atoms with E-state index in [1.54, 1.807) is 0 Å². The molecule has 0 aliphatic heterocycles. The standard InChI is InChI=1S/C7H5F2NO3/c1-3-6(9)4(8)2-5(7(3)11)10(12)13/h2,11H,1H3. The van der Waals surface area contributed by atoms with E-state index in [4.69, 9.17) is 5.11 Å². The average molecular weight is 189 g/mol. The summed E-state index contributed by atoms with van der Waals surface area (Å²) in [5, 5.41) is 19.2. The van der Waals surface area contributed by atoms with Crippen LogP contribution in [0.1, 0.15) is 5.56 Å². The summed E-state index contributed by atoms with van der Waals surface area (Å²) in [5.41, 5.74) is -1.30. The minimum atomic E-state index is -1.35. The Labute approximate surface area is 71.6 Å². The number of benzene rings is 1. The molecule has 1 N–H and O–H groups in total. The topological polar surface area (TPSA) is 63.4 Å². The van der Waals surface area contributed by atoms with Crippen LogP contribution in [0.25, 0.3) is 0 Å². The molecule has 13 heavy (non-hydrogen) atoms. The number of rotatable bonds is 1. The van der Waals surface area contributed by atoms with Crippen molar-refractivity contribution >= 4 is 5.69 Å². The van der Waals surface area contributed by atoms with Gasteiger partial charge in [0, 0.05) is 5.56 Å². The third-order valence-electron chi connectivity index (χ3n) is 1.60. The molecule has 1 rings (SSSR count). The van der Waals surface area contributed by atoms with E-state index in [-0.39, 0.29) is 0 Å². The van der Waals surface area contributed by atoms with Crippen molar-refractivity contribution in [3.63, 3.8) is 0 Å². The fraction of sp³-hybridized carbons (Fsp3) is 0.143. The van der Waals surface area contributed by atoms with Gasteiger partial charge < -0.3 is 5.11 Å². The van der Waals surface area contributed by atoms with Gasteiger partial charge in [-0.05, 0) is 6.92 Å². The SMILES string of the molecule is Cc1c(O)c([N+](=O)[O-])cc(F)c1F. The van der Waals surface area contributed by atoms with Crippen LogP contribution in [0.3, 0.4) is 0 Å². The minimum absolute atomic E-state index is 0.345. The zero-order valence-electron chi connectivity index (χ0n) is 6.54. The Balaban J connectivity index is 3.50. The molecule has 4 nitrogen and oxygen atoms in total. The van der Waals surface area contributed by atoms with Crippen LogP contribution in [0, 0.1) is 28.7 Å². The van der Waals surface area contributed by atoms with E-state index in [0.29, 0.717) is 6.07 Å². The number of nitrogens with zero attached hydrogens (tertiary/aromatic N) is 1. The molecule has 0 amide bonds. The molecule has 0 heterocycles. The van der Waals surface area contributed by atoms with Gasteiger partial charge in [0.2, 0.25) is 0 Å². The lowest BCUT2D eigenvalue weighted by Gasteiger charge is -2.01. The monoisotopic (exact) mass is 189 g/mol. The fourth-order valence-electron chi connectivity index (χ4n) is 0.866. The van der Waals surface area contributed by atoms with Gasteiger partial charge in [-0.15, -0.1) is 0 Å². The summed E-state index contributed by atoms with van der Waals surface area (Å²) in [5.74, 6) is -3.46. The van der Waals surface area contributed by atoms with Gasteiger partial charge in [0.15, 0.2) is 17.4 Å². The minimum Gasteiger partial charge on any atom is -0.502 e. The van der Waals surface area contributed by atoms with E-state index < -0.39 is 33.6 Å². The van der Waals surface area contributed by atoms with Crippen molar-refractivity contribution in [3.05, 3.63) is 33.4 Å². The molecule has 0 saturated heterocycles. The molecule has 0 radical (unpaired) electrons. The number of nitro benzene ring substituents is 1. The molecule has 0 aromatic heterocycles. The molecule has 0 bridgehead atoms. The largest absolute Gasteiger partial charge is 0.502 e. The van der Waals surface area contributed by atoms with Gasteiger partial charge >= 0.3 is 5.69 Å². The average Bonchev–Trinajstić information content (AvgIpc) is 2.07. The maximum absolute atomic E-state index is 12.7.